The van der Waals surface area contributed by atoms with Gasteiger partial charge in [0, 0.05) is 0 Å². The summed E-state index contributed by atoms with van der Waals surface area (Å²) in [5.74, 6) is 8.55. The molecule has 2 saturated carbocycles. The zero-order valence-electron chi connectivity index (χ0n) is 71.0. The van der Waals surface area contributed by atoms with Crippen LogP contribution >= 0.6 is 0 Å². The molecule has 544 valence electrons. The van der Waals surface area contributed by atoms with Crippen LogP contribution in [-0.4, -0.2) is 0 Å². The number of rotatable bonds is 3. The monoisotopic (exact) mass is 1330 g/mol. The van der Waals surface area contributed by atoms with Crippen LogP contribution in [-0.2, 0) is 6.42 Å². The van der Waals surface area contributed by atoms with E-state index in [1.54, 1.807) is 0 Å². The van der Waals surface area contributed by atoms with E-state index in [9.17, 15) is 0 Å². The molecule has 0 N–H and O–H groups in total. The number of fused-ring (bicyclic) bond motifs is 1. The molecule has 2 aliphatic rings. The minimum absolute atomic E-state index is 0. The third-order valence-electron chi connectivity index (χ3n) is 31.0. The van der Waals surface area contributed by atoms with E-state index < -0.39 is 0 Å². The van der Waals surface area contributed by atoms with Crippen molar-refractivity contribution < 1.29 is 0 Å². The van der Waals surface area contributed by atoms with Crippen LogP contribution in [0.4, 0.5) is 0 Å². The van der Waals surface area contributed by atoms with Crippen molar-refractivity contribution in [2.24, 2.45) is 64.6 Å². The smallest absolute Gasteiger partial charge is 0.00149 e. The zero-order chi connectivity index (χ0) is 74.1. The van der Waals surface area contributed by atoms with Crippen LogP contribution in [0.5, 0.6) is 0 Å². The number of benzene rings is 7. The summed E-state index contributed by atoms with van der Waals surface area (Å²) in [6.45, 7) is 102. The van der Waals surface area contributed by atoms with Gasteiger partial charge in [0.15, 0.2) is 0 Å². The first-order chi connectivity index (χ1) is 44.0. The van der Waals surface area contributed by atoms with Crippen LogP contribution in [0.25, 0.3) is 21.9 Å². The lowest BCUT2D eigenvalue weighted by Crippen LogP contribution is -2.62. The molecular weight excluding hydrogens is 1180 g/mol. The summed E-state index contributed by atoms with van der Waals surface area (Å²) in [4.78, 5) is 0. The molecule has 0 heterocycles. The summed E-state index contributed by atoms with van der Waals surface area (Å²) in [6.07, 6.45) is 1.05. The molecule has 0 saturated heterocycles. The second kappa shape index (κ2) is 32.8. The lowest BCUT2D eigenvalue weighted by molar-refractivity contribution is -0.191. The van der Waals surface area contributed by atoms with Crippen molar-refractivity contribution in [2.45, 2.75) is 326 Å². The lowest BCUT2D eigenvalue weighted by Gasteiger charge is -2.67. The van der Waals surface area contributed by atoms with Crippen molar-refractivity contribution in [1.29, 1.82) is 0 Å². The third kappa shape index (κ3) is 14.8. The van der Waals surface area contributed by atoms with E-state index in [-0.39, 0.29) is 14.9 Å². The Morgan fingerprint density at radius 3 is 0.439 bits per heavy atom. The molecule has 0 amide bonds. The largest absolute Gasteiger partial charge is 0.0776 e. The molecule has 9 rings (SSSR count). The third-order valence-corrected chi connectivity index (χ3v) is 31.0. The Morgan fingerprint density at radius 1 is 0.163 bits per heavy atom. The molecule has 2 aliphatic carbocycles. The van der Waals surface area contributed by atoms with Crippen LogP contribution in [0.2, 0.25) is 0 Å². The van der Waals surface area contributed by atoms with Gasteiger partial charge in [-0.2, -0.15) is 0 Å². The quantitative estimate of drug-likeness (QED) is 0.165. The summed E-state index contributed by atoms with van der Waals surface area (Å²) in [5.41, 5.74) is 55.9. The highest BCUT2D eigenvalue weighted by Crippen LogP contribution is 2.66. The zero-order valence-corrected chi connectivity index (χ0v) is 71.0. The molecule has 0 nitrogen and oxygen atoms in total. The van der Waals surface area contributed by atoms with Crippen LogP contribution in [0, 0.1) is 300 Å². The van der Waals surface area contributed by atoms with E-state index in [1.165, 1.54) is 222 Å². The average Bonchev–Trinajstić information content (AvgIpc) is 0.874. The van der Waals surface area contributed by atoms with Gasteiger partial charge in [0.2, 0.25) is 0 Å². The predicted molar refractivity (Wildman–Crippen MR) is 447 cm³/mol. The topological polar surface area (TPSA) is 0 Å². The van der Waals surface area contributed by atoms with Crippen molar-refractivity contribution in [2.75, 3.05) is 0 Å². The first kappa shape index (κ1) is 87.0. The van der Waals surface area contributed by atoms with Gasteiger partial charge < -0.3 is 0 Å². The summed E-state index contributed by atoms with van der Waals surface area (Å²) in [5, 5.41) is 2.97. The van der Waals surface area contributed by atoms with E-state index in [0.717, 1.165) is 65.6 Å². The van der Waals surface area contributed by atoms with E-state index in [0.29, 0.717) is 5.41 Å². The molecule has 7 aromatic carbocycles. The minimum Gasteiger partial charge on any atom is -0.0776 e. The Bertz CT molecular complexity index is 3570. The highest BCUT2D eigenvalue weighted by Gasteiger charge is 2.61. The first-order valence-corrected chi connectivity index (χ1v) is 37.8. The summed E-state index contributed by atoms with van der Waals surface area (Å²) in [7, 11) is 0. The molecular formula is C98H152. The van der Waals surface area contributed by atoms with Crippen molar-refractivity contribution in [1.82, 2.24) is 0 Å². The van der Waals surface area contributed by atoms with Crippen molar-refractivity contribution >= 4 is 10.8 Å². The van der Waals surface area contributed by atoms with Crippen LogP contribution < -0.4 is 0 Å². The van der Waals surface area contributed by atoms with Gasteiger partial charge in [-0.25, -0.2) is 0 Å². The Labute approximate surface area is 609 Å². The maximum atomic E-state index is 2.59. The fraction of sp³-hybridized carbons (Fsp3) is 0.592. The fourth-order valence-corrected chi connectivity index (χ4v) is 19.6. The average molecular weight is 1330 g/mol. The van der Waals surface area contributed by atoms with E-state index in [2.05, 4.69) is 305 Å². The Hall–Kier alpha value is -5.20. The van der Waals surface area contributed by atoms with Gasteiger partial charge in [-0.15, -0.1) is 0 Å². The Morgan fingerprint density at radius 2 is 0.286 bits per heavy atom. The highest BCUT2D eigenvalue weighted by molar-refractivity contribution is 5.97. The normalized spacial score (nSPS) is 21.8. The van der Waals surface area contributed by atoms with E-state index >= 15 is 0 Å². The standard InChI is InChI=1S/C23H32.C22H30.C21H40.C18H24.C12H18.2CH4/c1-12-14(3)18(7)22(19(8)15(12)4)11-23-20(9)16(5)13(2)17(6)21(23)10;1-11-13(3)17(7)21(18(8)14(11)4)22-19(9)15(5)12(2)16(6)20(22)10;1-11-13(3)17(7)21(18(8)14(11)4)19(9)15(5)12(2)16(6)20(21)10;1-9-10(2)14(6)18-16(8)12(4)11(3)15(7)17(18)13(9)5;1-7-8(2)10(4)12(6)11(5)9(7)3;;/h11H2,1-10H3;1-10H3;11-20H,1-10H3;1-8H3;1-6H3;2*1H4. The molecule has 0 aromatic heterocycles. The van der Waals surface area contributed by atoms with Crippen LogP contribution in [0.1, 0.15) is 284 Å². The molecule has 0 bridgehead atoms. The summed E-state index contributed by atoms with van der Waals surface area (Å²) in [6, 6.07) is 0. The minimum atomic E-state index is 0. The molecule has 0 radical (unpaired) electrons. The number of hydrogen-bond donors (Lipinski definition) is 0. The van der Waals surface area contributed by atoms with Gasteiger partial charge >= 0.3 is 0 Å². The van der Waals surface area contributed by atoms with Crippen molar-refractivity contribution in [3.63, 3.8) is 0 Å². The molecule has 7 aromatic rings. The van der Waals surface area contributed by atoms with Gasteiger partial charge in [-0.1, -0.05) is 84.1 Å². The van der Waals surface area contributed by atoms with Crippen molar-refractivity contribution in [3.8, 4) is 11.1 Å². The predicted octanol–water partition coefficient (Wildman–Crippen LogP) is 29.3. The van der Waals surface area contributed by atoms with Crippen molar-refractivity contribution in [3.05, 3.63) is 200 Å². The fourth-order valence-electron chi connectivity index (χ4n) is 19.6. The summed E-state index contributed by atoms with van der Waals surface area (Å²) < 4.78 is 0. The second-order valence-corrected chi connectivity index (χ2v) is 33.2. The molecule has 0 aliphatic heterocycles. The highest BCUT2D eigenvalue weighted by atomic mass is 14.7. The maximum absolute atomic E-state index is 2.59. The van der Waals surface area contributed by atoms with Crippen LogP contribution in [0.15, 0.2) is 0 Å². The van der Waals surface area contributed by atoms with Gasteiger partial charge in [0.1, 0.15) is 0 Å². The van der Waals surface area contributed by atoms with Gasteiger partial charge in [-0.05, 0) is 529 Å². The molecule has 8 atom stereocenters. The molecule has 8 unspecified atom stereocenters. The summed E-state index contributed by atoms with van der Waals surface area (Å²) >= 11 is 0. The molecule has 2 fully saturated rings. The molecule has 98 heavy (non-hydrogen) atoms. The van der Waals surface area contributed by atoms with E-state index in [1.807, 2.05) is 0 Å². The Balaban J connectivity index is 0.000000321. The SMILES string of the molecule is C.C.CC1C(C)C(C)C2(C(C)C1C)C(C)C(C)C(C)C(C)C2C.Cc1c(C)c(C)c(-c2c(C)c(C)c(C)c(C)c2C)c(C)c1C.Cc1c(C)c(C)c(C)c(C)c1C.Cc1c(C)c(C)c(Cc2c(C)c(C)c(C)c(C)c2C)c(C)c1C.Cc1c(C)c(C)c2c(C)c(C)c(C)c(C)c2c1C. The van der Waals surface area contributed by atoms with Gasteiger partial charge in [0.25, 0.3) is 0 Å². The molecule has 1 spiro atoms. The van der Waals surface area contributed by atoms with Crippen LogP contribution in [0.3, 0.4) is 0 Å². The first-order valence-electron chi connectivity index (χ1n) is 37.8. The second-order valence-electron chi connectivity index (χ2n) is 33.2. The Kier molecular flexibility index (Phi) is 29.2. The number of aryl methyl sites for hydroxylation is 4. The number of hydrogen-bond acceptors (Lipinski definition) is 0. The maximum Gasteiger partial charge on any atom is -0.00149 e. The lowest BCUT2D eigenvalue weighted by atomic mass is 9.38. The molecule has 0 heteroatoms. The van der Waals surface area contributed by atoms with Gasteiger partial charge in [0.05, 0.1) is 0 Å². The van der Waals surface area contributed by atoms with E-state index in [4.69, 9.17) is 0 Å². The van der Waals surface area contributed by atoms with Gasteiger partial charge in [-0.3, -0.25) is 0 Å².